The summed E-state index contributed by atoms with van der Waals surface area (Å²) in [5.74, 6) is 0. The molecule has 0 radical (unpaired) electrons. The van der Waals surface area contributed by atoms with Crippen LogP contribution in [0.15, 0.2) is 0 Å². The zero-order valence-electron chi connectivity index (χ0n) is 11.1. The van der Waals surface area contributed by atoms with Crippen LogP contribution in [0.5, 0.6) is 0 Å². The first-order valence-corrected chi connectivity index (χ1v) is 6.79. The summed E-state index contributed by atoms with van der Waals surface area (Å²) in [6.45, 7) is 9.42. The molecule has 0 bridgehead atoms. The van der Waals surface area contributed by atoms with Gasteiger partial charge in [0.2, 0.25) is 0 Å². The van der Waals surface area contributed by atoms with E-state index in [1.54, 1.807) is 0 Å². The Morgan fingerprint density at radius 1 is 1.33 bits per heavy atom. The SMILES string of the molecule is CCCCCC(C)NC1CCC(C)(C)C1. The first-order valence-electron chi connectivity index (χ1n) is 6.79. The highest BCUT2D eigenvalue weighted by Crippen LogP contribution is 2.37. The van der Waals surface area contributed by atoms with Crippen molar-refractivity contribution in [2.75, 3.05) is 0 Å². The molecule has 1 rings (SSSR count). The number of rotatable bonds is 6. The fourth-order valence-electron chi connectivity index (χ4n) is 2.76. The van der Waals surface area contributed by atoms with Gasteiger partial charge in [-0.25, -0.2) is 0 Å². The van der Waals surface area contributed by atoms with Gasteiger partial charge in [0.25, 0.3) is 0 Å². The Bertz CT molecular complexity index is 174. The zero-order chi connectivity index (χ0) is 11.3. The molecule has 2 atom stereocenters. The smallest absolute Gasteiger partial charge is 0.00748 e. The summed E-state index contributed by atoms with van der Waals surface area (Å²) >= 11 is 0. The normalized spacial score (nSPS) is 26.8. The Balaban J connectivity index is 2.13. The molecule has 1 saturated carbocycles. The summed E-state index contributed by atoms with van der Waals surface area (Å²) in [6, 6.07) is 1.51. The van der Waals surface area contributed by atoms with Crippen LogP contribution in [0.2, 0.25) is 0 Å². The van der Waals surface area contributed by atoms with E-state index in [4.69, 9.17) is 0 Å². The topological polar surface area (TPSA) is 12.0 Å². The molecule has 0 amide bonds. The van der Waals surface area contributed by atoms with E-state index in [0.717, 1.165) is 12.1 Å². The van der Waals surface area contributed by atoms with Crippen molar-refractivity contribution in [2.45, 2.75) is 84.7 Å². The summed E-state index contributed by atoms with van der Waals surface area (Å²) in [4.78, 5) is 0. The van der Waals surface area contributed by atoms with Gasteiger partial charge >= 0.3 is 0 Å². The fourth-order valence-corrected chi connectivity index (χ4v) is 2.76. The minimum atomic E-state index is 0.584. The maximum atomic E-state index is 3.79. The first-order chi connectivity index (χ1) is 7.03. The van der Waals surface area contributed by atoms with Crippen LogP contribution in [0.1, 0.15) is 72.6 Å². The molecule has 90 valence electrons. The molecule has 1 fully saturated rings. The van der Waals surface area contributed by atoms with Gasteiger partial charge in [-0.05, 0) is 38.0 Å². The molecule has 0 heterocycles. The van der Waals surface area contributed by atoms with Crippen molar-refractivity contribution in [3.63, 3.8) is 0 Å². The number of hydrogen-bond acceptors (Lipinski definition) is 1. The summed E-state index contributed by atoms with van der Waals surface area (Å²) in [7, 11) is 0. The Morgan fingerprint density at radius 3 is 2.60 bits per heavy atom. The molecule has 1 heteroatoms. The highest BCUT2D eigenvalue weighted by atomic mass is 14.9. The molecule has 0 aromatic heterocycles. The highest BCUT2D eigenvalue weighted by molar-refractivity contribution is 4.87. The molecule has 0 aromatic carbocycles. The van der Waals surface area contributed by atoms with Gasteiger partial charge in [-0.15, -0.1) is 0 Å². The van der Waals surface area contributed by atoms with E-state index >= 15 is 0 Å². The Hall–Kier alpha value is -0.0400. The van der Waals surface area contributed by atoms with Gasteiger partial charge in [-0.2, -0.15) is 0 Å². The molecule has 1 nitrogen and oxygen atoms in total. The summed E-state index contributed by atoms with van der Waals surface area (Å²) in [5, 5.41) is 3.79. The van der Waals surface area contributed by atoms with Gasteiger partial charge < -0.3 is 5.32 Å². The zero-order valence-corrected chi connectivity index (χ0v) is 11.1. The van der Waals surface area contributed by atoms with Crippen LogP contribution < -0.4 is 5.32 Å². The van der Waals surface area contributed by atoms with Crippen LogP contribution in [0.4, 0.5) is 0 Å². The average molecular weight is 211 g/mol. The molecule has 1 aliphatic carbocycles. The van der Waals surface area contributed by atoms with Crippen LogP contribution in [0.25, 0.3) is 0 Å². The third-order valence-electron chi connectivity index (χ3n) is 3.73. The summed E-state index contributed by atoms with van der Waals surface area (Å²) in [5.41, 5.74) is 0.584. The highest BCUT2D eigenvalue weighted by Gasteiger charge is 2.30. The molecule has 0 aromatic rings. The summed E-state index contributed by atoms with van der Waals surface area (Å²) in [6.07, 6.45) is 9.61. The molecule has 1 aliphatic rings. The second-order valence-electron chi connectivity index (χ2n) is 6.17. The van der Waals surface area contributed by atoms with Crippen molar-refractivity contribution < 1.29 is 0 Å². The largest absolute Gasteiger partial charge is 0.311 e. The van der Waals surface area contributed by atoms with Gasteiger partial charge in [0, 0.05) is 12.1 Å². The number of nitrogens with one attached hydrogen (secondary N) is 1. The lowest BCUT2D eigenvalue weighted by Gasteiger charge is -2.21. The second kappa shape index (κ2) is 5.89. The van der Waals surface area contributed by atoms with Gasteiger partial charge in [0.05, 0.1) is 0 Å². The summed E-state index contributed by atoms with van der Waals surface area (Å²) < 4.78 is 0. The third-order valence-corrected chi connectivity index (χ3v) is 3.73. The number of unbranched alkanes of at least 4 members (excludes halogenated alkanes) is 2. The molecule has 1 N–H and O–H groups in total. The molecule has 2 unspecified atom stereocenters. The molecule has 0 saturated heterocycles. The maximum Gasteiger partial charge on any atom is 0.00748 e. The van der Waals surface area contributed by atoms with Crippen molar-refractivity contribution in [1.29, 1.82) is 0 Å². The molecule has 0 aliphatic heterocycles. The van der Waals surface area contributed by atoms with Crippen LogP contribution in [-0.2, 0) is 0 Å². The first kappa shape index (κ1) is 13.0. The second-order valence-corrected chi connectivity index (χ2v) is 6.17. The Morgan fingerprint density at radius 2 is 2.07 bits per heavy atom. The minimum Gasteiger partial charge on any atom is -0.311 e. The quantitative estimate of drug-likeness (QED) is 0.652. The molecular formula is C14H29N. The average Bonchev–Trinajstić information content (AvgIpc) is 2.46. The van der Waals surface area contributed by atoms with Crippen LogP contribution in [0, 0.1) is 5.41 Å². The van der Waals surface area contributed by atoms with E-state index in [2.05, 4.69) is 33.0 Å². The maximum absolute atomic E-state index is 3.79. The van der Waals surface area contributed by atoms with E-state index in [1.807, 2.05) is 0 Å². The minimum absolute atomic E-state index is 0.584. The van der Waals surface area contributed by atoms with Crippen molar-refractivity contribution in [1.82, 2.24) is 5.32 Å². The Kier molecular flexibility index (Phi) is 5.11. The number of hydrogen-bond donors (Lipinski definition) is 1. The van der Waals surface area contributed by atoms with Gasteiger partial charge in [-0.1, -0.05) is 40.0 Å². The predicted molar refractivity (Wildman–Crippen MR) is 68.2 cm³/mol. The van der Waals surface area contributed by atoms with Crippen LogP contribution in [0.3, 0.4) is 0 Å². The van der Waals surface area contributed by atoms with Crippen LogP contribution in [-0.4, -0.2) is 12.1 Å². The van der Waals surface area contributed by atoms with Gasteiger partial charge in [0.1, 0.15) is 0 Å². The van der Waals surface area contributed by atoms with E-state index in [1.165, 1.54) is 44.9 Å². The molecular weight excluding hydrogens is 182 g/mol. The van der Waals surface area contributed by atoms with Gasteiger partial charge in [0.15, 0.2) is 0 Å². The predicted octanol–water partition coefficient (Wildman–Crippen LogP) is 4.12. The van der Waals surface area contributed by atoms with E-state index in [9.17, 15) is 0 Å². The molecule has 0 spiro atoms. The van der Waals surface area contributed by atoms with Crippen molar-refractivity contribution in [3.8, 4) is 0 Å². The van der Waals surface area contributed by atoms with Crippen molar-refractivity contribution in [2.24, 2.45) is 5.41 Å². The van der Waals surface area contributed by atoms with E-state index in [-0.39, 0.29) is 0 Å². The van der Waals surface area contributed by atoms with Crippen LogP contribution >= 0.6 is 0 Å². The lowest BCUT2D eigenvalue weighted by Crippen LogP contribution is -2.35. The van der Waals surface area contributed by atoms with Gasteiger partial charge in [-0.3, -0.25) is 0 Å². The lowest BCUT2D eigenvalue weighted by molar-refractivity contribution is 0.349. The third kappa shape index (κ3) is 5.01. The monoisotopic (exact) mass is 211 g/mol. The van der Waals surface area contributed by atoms with Crippen molar-refractivity contribution in [3.05, 3.63) is 0 Å². The Labute approximate surface area is 96.0 Å². The van der Waals surface area contributed by atoms with E-state index < -0.39 is 0 Å². The lowest BCUT2D eigenvalue weighted by atomic mass is 9.92. The standard InChI is InChI=1S/C14H29N/c1-5-6-7-8-12(2)15-13-9-10-14(3,4)11-13/h12-13,15H,5-11H2,1-4H3. The molecule has 15 heavy (non-hydrogen) atoms. The van der Waals surface area contributed by atoms with Crippen molar-refractivity contribution >= 4 is 0 Å². The fraction of sp³-hybridized carbons (Fsp3) is 1.00. The van der Waals surface area contributed by atoms with E-state index in [0.29, 0.717) is 5.41 Å².